The largest absolute Gasteiger partial charge is 0.495 e. The van der Waals surface area contributed by atoms with Gasteiger partial charge in [-0.1, -0.05) is 11.3 Å². The molecule has 7 heteroatoms. The summed E-state index contributed by atoms with van der Waals surface area (Å²) in [6, 6.07) is 11.5. The first-order valence-electron chi connectivity index (χ1n) is 7.26. The first-order valence-corrected chi connectivity index (χ1v) is 8.07. The van der Waals surface area contributed by atoms with Crippen LogP contribution < -0.4 is 10.1 Å². The van der Waals surface area contributed by atoms with Gasteiger partial charge < -0.3 is 10.1 Å². The number of hydrogen-bond donors (Lipinski definition) is 1. The van der Waals surface area contributed by atoms with E-state index in [2.05, 4.69) is 16.5 Å². The summed E-state index contributed by atoms with van der Waals surface area (Å²) in [5.41, 5.74) is 3.25. The Kier molecular flexibility index (Phi) is 3.32. The number of methoxy groups -OCH3 is 1. The number of ether oxygens (including phenoxy) is 1. The van der Waals surface area contributed by atoms with Crippen molar-refractivity contribution in [2.75, 3.05) is 12.4 Å². The molecule has 0 fully saturated rings. The van der Waals surface area contributed by atoms with Gasteiger partial charge in [0.15, 0.2) is 5.13 Å². The second-order valence-electron chi connectivity index (χ2n) is 5.28. The fourth-order valence-corrected chi connectivity index (χ4v) is 3.56. The van der Waals surface area contributed by atoms with Crippen molar-refractivity contribution in [3.63, 3.8) is 0 Å². The Bertz CT molecular complexity index is 1110. The third-order valence-corrected chi connectivity index (χ3v) is 4.79. The second kappa shape index (κ2) is 5.51. The minimum atomic E-state index is 0.564. The highest BCUT2D eigenvalue weighted by molar-refractivity contribution is 7.22. The van der Waals surface area contributed by atoms with Crippen LogP contribution in [0.25, 0.3) is 21.1 Å². The number of hydrogen-bond acceptors (Lipinski definition) is 6. The molecule has 24 heavy (non-hydrogen) atoms. The Hall–Kier alpha value is -3.11. The molecule has 2 aromatic carbocycles. The molecule has 2 heterocycles. The van der Waals surface area contributed by atoms with Crippen LogP contribution >= 0.6 is 11.3 Å². The summed E-state index contributed by atoms with van der Waals surface area (Å²) < 4.78 is 8.27. The molecule has 6 nitrogen and oxygen atoms in total. The molecule has 0 spiro atoms. The summed E-state index contributed by atoms with van der Waals surface area (Å²) >= 11 is 1.55. The number of nitrogens with one attached hydrogen (secondary N) is 1. The molecule has 4 aromatic rings. The van der Waals surface area contributed by atoms with E-state index in [4.69, 9.17) is 15.0 Å². The average Bonchev–Trinajstić information content (AvgIpc) is 3.17. The van der Waals surface area contributed by atoms with Gasteiger partial charge in [0.25, 0.3) is 0 Å². The van der Waals surface area contributed by atoms with E-state index in [0.717, 1.165) is 31.9 Å². The number of benzene rings is 2. The first-order chi connectivity index (χ1) is 11.7. The van der Waals surface area contributed by atoms with Crippen molar-refractivity contribution in [2.45, 2.75) is 0 Å². The lowest BCUT2D eigenvalue weighted by Gasteiger charge is -2.08. The summed E-state index contributed by atoms with van der Waals surface area (Å²) in [6.45, 7) is 0. The number of aryl methyl sites for hydroxylation is 1. The molecule has 4 rings (SSSR count). The quantitative estimate of drug-likeness (QED) is 0.616. The Labute approximate surface area is 141 Å². The van der Waals surface area contributed by atoms with Gasteiger partial charge in [-0.2, -0.15) is 10.4 Å². The molecule has 0 bridgehead atoms. The summed E-state index contributed by atoms with van der Waals surface area (Å²) in [6.07, 6.45) is 1.83. The van der Waals surface area contributed by atoms with Crippen molar-refractivity contribution in [1.29, 1.82) is 5.26 Å². The van der Waals surface area contributed by atoms with Crippen LogP contribution in [0.3, 0.4) is 0 Å². The second-order valence-corrected chi connectivity index (χ2v) is 6.31. The topological polar surface area (TPSA) is 75.8 Å². The summed E-state index contributed by atoms with van der Waals surface area (Å²) in [5, 5.41) is 18.4. The van der Waals surface area contributed by atoms with Gasteiger partial charge >= 0.3 is 0 Å². The smallest absolute Gasteiger partial charge is 0.188 e. The van der Waals surface area contributed by atoms with Gasteiger partial charge in [0.1, 0.15) is 5.75 Å². The maximum absolute atomic E-state index is 9.09. The van der Waals surface area contributed by atoms with Crippen LogP contribution in [0, 0.1) is 11.3 Å². The van der Waals surface area contributed by atoms with Crippen molar-refractivity contribution in [1.82, 2.24) is 14.8 Å². The number of anilines is 2. The zero-order valence-electron chi connectivity index (χ0n) is 13.1. The number of nitriles is 1. The molecule has 0 aliphatic carbocycles. The fourth-order valence-electron chi connectivity index (χ4n) is 2.66. The molecule has 1 N–H and O–H groups in total. The molecule has 118 valence electrons. The molecular formula is C17H13N5OS. The van der Waals surface area contributed by atoms with E-state index in [0.29, 0.717) is 11.3 Å². The third kappa shape index (κ3) is 2.25. The summed E-state index contributed by atoms with van der Waals surface area (Å²) in [4.78, 5) is 4.70. The molecule has 2 aromatic heterocycles. The first kappa shape index (κ1) is 14.5. The van der Waals surface area contributed by atoms with Crippen LogP contribution in [0.4, 0.5) is 10.8 Å². The molecule has 0 aliphatic heterocycles. The van der Waals surface area contributed by atoms with Crippen molar-refractivity contribution in [3.05, 3.63) is 42.1 Å². The number of nitrogens with zero attached hydrogens (tertiary/aromatic N) is 4. The van der Waals surface area contributed by atoms with Crippen LogP contribution in [0.2, 0.25) is 0 Å². The van der Waals surface area contributed by atoms with Gasteiger partial charge in [-0.15, -0.1) is 0 Å². The average molecular weight is 335 g/mol. The van der Waals surface area contributed by atoms with Crippen molar-refractivity contribution >= 4 is 43.3 Å². The molecule has 0 saturated heterocycles. The highest BCUT2D eigenvalue weighted by atomic mass is 32.1. The highest BCUT2D eigenvalue weighted by Crippen LogP contribution is 2.35. The molecule has 0 atom stereocenters. The summed E-state index contributed by atoms with van der Waals surface area (Å²) in [5.74, 6) is 0.666. The van der Waals surface area contributed by atoms with E-state index in [1.54, 1.807) is 36.6 Å². The van der Waals surface area contributed by atoms with E-state index in [1.807, 2.05) is 30.1 Å². The number of aromatic nitrogens is 3. The predicted molar refractivity (Wildman–Crippen MR) is 94.9 cm³/mol. The SMILES string of the molecule is COc1ccc(C#N)cc1Nc1nc2c(ccc3c2cnn3C)s1. The lowest BCUT2D eigenvalue weighted by molar-refractivity contribution is 0.417. The minimum Gasteiger partial charge on any atom is -0.495 e. The zero-order chi connectivity index (χ0) is 16.7. The summed E-state index contributed by atoms with van der Waals surface area (Å²) in [7, 11) is 3.52. The molecule has 0 unspecified atom stereocenters. The van der Waals surface area contributed by atoms with Crippen LogP contribution in [0.1, 0.15) is 5.56 Å². The molecule has 0 amide bonds. The van der Waals surface area contributed by atoms with Gasteiger partial charge in [-0.25, -0.2) is 4.98 Å². The van der Waals surface area contributed by atoms with Crippen LogP contribution in [0.5, 0.6) is 5.75 Å². The molecule has 0 aliphatic rings. The van der Waals surface area contributed by atoms with E-state index in [9.17, 15) is 0 Å². The Morgan fingerprint density at radius 1 is 1.29 bits per heavy atom. The Morgan fingerprint density at radius 3 is 2.96 bits per heavy atom. The van der Waals surface area contributed by atoms with E-state index >= 15 is 0 Å². The standard InChI is InChI=1S/C17H13N5OS/c1-22-13-4-6-15-16(11(13)9-19-22)21-17(24-15)20-12-7-10(8-18)3-5-14(12)23-2/h3-7,9H,1-2H3,(H,20,21). The maximum atomic E-state index is 9.09. The van der Waals surface area contributed by atoms with Gasteiger partial charge in [-0.05, 0) is 30.3 Å². The van der Waals surface area contributed by atoms with Crippen LogP contribution in [-0.2, 0) is 7.05 Å². The van der Waals surface area contributed by atoms with E-state index in [1.165, 1.54) is 0 Å². The number of fused-ring (bicyclic) bond motifs is 3. The maximum Gasteiger partial charge on any atom is 0.188 e. The lowest BCUT2D eigenvalue weighted by Crippen LogP contribution is -1.94. The number of rotatable bonds is 3. The monoisotopic (exact) mass is 335 g/mol. The van der Waals surface area contributed by atoms with Gasteiger partial charge in [0.05, 0.1) is 46.4 Å². The normalized spacial score (nSPS) is 10.9. The van der Waals surface area contributed by atoms with Crippen LogP contribution in [-0.4, -0.2) is 21.9 Å². The van der Waals surface area contributed by atoms with Crippen molar-refractivity contribution in [2.24, 2.45) is 7.05 Å². The lowest BCUT2D eigenvalue weighted by atomic mass is 10.2. The Balaban J connectivity index is 1.81. The Morgan fingerprint density at radius 2 is 2.17 bits per heavy atom. The van der Waals surface area contributed by atoms with Gasteiger partial charge in [-0.3, -0.25) is 4.68 Å². The van der Waals surface area contributed by atoms with Crippen LogP contribution in [0.15, 0.2) is 36.5 Å². The van der Waals surface area contributed by atoms with Gasteiger partial charge in [0, 0.05) is 12.4 Å². The predicted octanol–water partition coefficient (Wildman–Crippen LogP) is 3.81. The minimum absolute atomic E-state index is 0.564. The van der Waals surface area contributed by atoms with E-state index in [-0.39, 0.29) is 0 Å². The third-order valence-electron chi connectivity index (χ3n) is 3.86. The molecule has 0 saturated carbocycles. The van der Waals surface area contributed by atoms with E-state index < -0.39 is 0 Å². The number of thiazole rings is 1. The molecular weight excluding hydrogens is 322 g/mol. The van der Waals surface area contributed by atoms with Crippen molar-refractivity contribution < 1.29 is 4.74 Å². The zero-order valence-corrected chi connectivity index (χ0v) is 13.9. The fraction of sp³-hybridized carbons (Fsp3) is 0.118. The van der Waals surface area contributed by atoms with Crippen molar-refractivity contribution in [3.8, 4) is 11.8 Å². The highest BCUT2D eigenvalue weighted by Gasteiger charge is 2.12. The van der Waals surface area contributed by atoms with Gasteiger partial charge in [0.2, 0.25) is 0 Å². The molecule has 0 radical (unpaired) electrons.